The van der Waals surface area contributed by atoms with Crippen LogP contribution >= 0.6 is 23.2 Å². The van der Waals surface area contributed by atoms with Gasteiger partial charge in [0.25, 0.3) is 0 Å². The minimum atomic E-state index is -2.98. The Morgan fingerprint density at radius 2 is 1.16 bits per heavy atom. The average Bonchev–Trinajstić information content (AvgIpc) is 3.93. The smallest absolute Gasteiger partial charge is 1.00 e. The van der Waals surface area contributed by atoms with E-state index in [0.29, 0.717) is 3.63 Å². The number of rotatable bonds is 11. The third-order valence-corrected chi connectivity index (χ3v) is 22.1. The van der Waals surface area contributed by atoms with Gasteiger partial charge in [-0.3, -0.25) is 0 Å². The van der Waals surface area contributed by atoms with Crippen molar-refractivity contribution in [1.29, 1.82) is 0 Å². The Balaban J connectivity index is 0.00000280. The van der Waals surface area contributed by atoms with Crippen molar-refractivity contribution in [1.82, 2.24) is 0 Å². The maximum atomic E-state index is 6.54. The topological polar surface area (TPSA) is 0 Å². The second kappa shape index (κ2) is 20.0. The van der Waals surface area contributed by atoms with Gasteiger partial charge in [-0.05, 0) is 0 Å². The Kier molecular flexibility index (Phi) is 14.5. The predicted molar refractivity (Wildman–Crippen MR) is 265 cm³/mol. The van der Waals surface area contributed by atoms with Crippen LogP contribution in [0.25, 0.3) is 54.9 Å². The monoisotopic (exact) mass is 988 g/mol. The summed E-state index contributed by atoms with van der Waals surface area (Å²) in [6.07, 6.45) is 13.5. The summed E-state index contributed by atoms with van der Waals surface area (Å²) in [7, 11) is 0. The summed E-state index contributed by atoms with van der Waals surface area (Å²) < 4.78 is 3.67. The number of hydrogen-bond acceptors (Lipinski definition) is 0. The second-order valence-corrected chi connectivity index (χ2v) is 24.9. The predicted octanol–water partition coefficient (Wildman–Crippen LogP) is 10.8. The minimum absolute atomic E-state index is 0. The van der Waals surface area contributed by atoms with Crippen LogP contribution in [-0.2, 0) is 40.5 Å². The Bertz CT molecular complexity index is 3060. The number of benzene rings is 8. The van der Waals surface area contributed by atoms with Crippen molar-refractivity contribution >= 4 is 48.0 Å². The maximum absolute atomic E-state index is 6.54. The van der Waals surface area contributed by atoms with Crippen molar-refractivity contribution < 1.29 is 46.1 Å². The van der Waals surface area contributed by atoms with E-state index in [9.17, 15) is 0 Å². The summed E-state index contributed by atoms with van der Waals surface area (Å²) in [5.41, 5.74) is 18.4. The quantitative estimate of drug-likeness (QED) is 0.121. The van der Waals surface area contributed by atoms with Crippen LogP contribution in [0.5, 0.6) is 0 Å². The Hall–Kier alpha value is -4.33. The van der Waals surface area contributed by atoms with Gasteiger partial charge in [-0.1, -0.05) is 0 Å². The van der Waals surface area contributed by atoms with Crippen molar-refractivity contribution in [3.63, 3.8) is 0 Å². The van der Waals surface area contributed by atoms with E-state index >= 15 is 0 Å². The van der Waals surface area contributed by atoms with Gasteiger partial charge in [0.05, 0.1) is 0 Å². The average molecular weight is 992 g/mol. The van der Waals surface area contributed by atoms with E-state index in [0.717, 1.165) is 48.6 Å². The first-order valence-corrected chi connectivity index (χ1v) is 26.8. The number of allylic oxidation sites excluding steroid dienone is 4. The third kappa shape index (κ3) is 8.85. The molecule has 0 spiro atoms. The van der Waals surface area contributed by atoms with E-state index in [-0.39, 0.29) is 24.8 Å². The molecule has 318 valence electrons. The molecule has 0 fully saturated rings. The van der Waals surface area contributed by atoms with E-state index in [1.54, 1.807) is 17.6 Å². The van der Waals surface area contributed by atoms with Gasteiger partial charge in [0.1, 0.15) is 0 Å². The maximum Gasteiger partial charge on any atom is -1.00 e. The summed E-state index contributed by atoms with van der Waals surface area (Å²) in [6, 6.07) is 56.7. The third-order valence-electron chi connectivity index (χ3n) is 13.3. The van der Waals surface area contributed by atoms with Crippen molar-refractivity contribution in [2.45, 2.75) is 62.9 Å². The van der Waals surface area contributed by atoms with E-state index < -0.39 is 21.3 Å². The first-order chi connectivity index (χ1) is 30.4. The molecule has 5 heteroatoms. The van der Waals surface area contributed by atoms with Crippen LogP contribution in [0.3, 0.4) is 0 Å². The van der Waals surface area contributed by atoms with E-state index in [4.69, 9.17) is 23.2 Å². The van der Waals surface area contributed by atoms with Gasteiger partial charge in [-0.25, -0.2) is 0 Å². The molecule has 0 N–H and O–H groups in total. The summed E-state index contributed by atoms with van der Waals surface area (Å²) in [5, 5.41) is 6.77. The summed E-state index contributed by atoms with van der Waals surface area (Å²) >= 11 is 10.1. The van der Waals surface area contributed by atoms with Crippen LogP contribution < -0.4 is 24.8 Å². The number of hydrogen-bond donors (Lipinski definition) is 0. The largest absolute Gasteiger partial charge is 1.00 e. The Labute approximate surface area is 409 Å². The molecule has 10 rings (SSSR count). The van der Waals surface area contributed by atoms with Crippen LogP contribution in [0.4, 0.5) is 0 Å². The SMILES string of the molecule is CCCCc1c(-c2cccc3ccccc23)c(C)cc2c1[CH]([Zr+2]([C]1=CC=CC1)=[C](Cc1ccc(Cl)cc1)Cc1ccc(Cl)cc1)c1cc(-c3cccc4ccccc34)c(C)cc1-2.[Cl-].[Cl-]. The van der Waals surface area contributed by atoms with Gasteiger partial charge in [-0.15, -0.1) is 0 Å². The van der Waals surface area contributed by atoms with Gasteiger partial charge in [0.2, 0.25) is 0 Å². The number of fused-ring (bicyclic) bond motifs is 5. The van der Waals surface area contributed by atoms with Crippen LogP contribution in [0.2, 0.25) is 10.0 Å². The molecular weight excluding hydrogens is 942 g/mol. The first kappa shape index (κ1) is 46.2. The normalized spacial score (nSPS) is 13.4. The fraction of sp³-hybridized carbons (Fsp3) is 0.169. The standard InChI is InChI=1S/C39H33.C15H12Cl2.C5H5.2ClH.Zr/c1-4-5-16-34-38-24-29-23-35(32-19-10-14-27-12-6-8-17-30(27)32)25(2)21-36(29)37(38)22-26(3)39(34)33-20-11-15-28-13-7-9-18-31(28)33;16-14-8-4-12(5-9-14)2-1-3-13-6-10-15(17)11-7-13;1-2-4-5-3-1;;;/h6-15,17-24H,4-5,16H2,1-3H3;4-11H,2-3H2;1-3H,4H2;2*1H;/q;;;;;+2/p-2. The van der Waals surface area contributed by atoms with Crippen molar-refractivity contribution in [2.75, 3.05) is 0 Å². The molecule has 0 aromatic heterocycles. The molecule has 0 radical (unpaired) electrons. The molecule has 2 aliphatic rings. The van der Waals surface area contributed by atoms with Gasteiger partial charge < -0.3 is 24.8 Å². The van der Waals surface area contributed by atoms with Crippen molar-refractivity contribution in [3.8, 4) is 33.4 Å². The minimum Gasteiger partial charge on any atom is -1.00 e. The Morgan fingerprint density at radius 1 is 0.594 bits per heavy atom. The van der Waals surface area contributed by atoms with Gasteiger partial charge in [0, 0.05) is 0 Å². The first-order valence-electron chi connectivity index (χ1n) is 22.2. The summed E-state index contributed by atoms with van der Waals surface area (Å²) in [4.78, 5) is 0. The van der Waals surface area contributed by atoms with Gasteiger partial charge >= 0.3 is 388 Å². The second-order valence-electron chi connectivity index (χ2n) is 17.3. The fourth-order valence-electron chi connectivity index (χ4n) is 10.5. The molecule has 0 heterocycles. The molecule has 1 atom stereocenters. The van der Waals surface area contributed by atoms with E-state index in [2.05, 4.69) is 191 Å². The number of unbranched alkanes of at least 4 members (excludes halogenated alkanes) is 1. The van der Waals surface area contributed by atoms with E-state index in [1.165, 1.54) is 82.7 Å². The van der Waals surface area contributed by atoms with Crippen LogP contribution in [0.1, 0.15) is 68.8 Å². The van der Waals surface area contributed by atoms with Crippen LogP contribution in [0, 0.1) is 13.8 Å². The summed E-state index contributed by atoms with van der Waals surface area (Å²) in [5.74, 6) is 0. The molecule has 64 heavy (non-hydrogen) atoms. The molecule has 2 aliphatic carbocycles. The fourth-order valence-corrected chi connectivity index (χ4v) is 20.1. The van der Waals surface area contributed by atoms with Crippen LogP contribution in [0.15, 0.2) is 173 Å². The van der Waals surface area contributed by atoms with Crippen molar-refractivity contribution in [3.05, 3.63) is 222 Å². The van der Waals surface area contributed by atoms with E-state index in [1.807, 2.05) is 0 Å². The molecule has 0 saturated heterocycles. The molecule has 0 bridgehead atoms. The zero-order valence-electron chi connectivity index (χ0n) is 36.5. The Morgan fingerprint density at radius 3 is 1.75 bits per heavy atom. The molecule has 8 aromatic rings. The number of halogens is 4. The summed E-state index contributed by atoms with van der Waals surface area (Å²) in [6.45, 7) is 7.06. The molecule has 8 aromatic carbocycles. The van der Waals surface area contributed by atoms with Gasteiger partial charge in [0.15, 0.2) is 0 Å². The van der Waals surface area contributed by atoms with Crippen LogP contribution in [-0.4, -0.2) is 3.21 Å². The molecule has 0 nitrogen and oxygen atoms in total. The zero-order valence-corrected chi connectivity index (χ0v) is 42.0. The van der Waals surface area contributed by atoms with Crippen molar-refractivity contribution in [2.24, 2.45) is 0 Å². The molecule has 1 unspecified atom stereocenters. The molecule has 0 amide bonds. The molecule has 0 saturated carbocycles. The number of aryl methyl sites for hydroxylation is 2. The zero-order chi connectivity index (χ0) is 42.3. The van der Waals surface area contributed by atoms with Gasteiger partial charge in [-0.2, -0.15) is 0 Å². The molecule has 0 aliphatic heterocycles. The molecular formula is C59H50Cl4Zr.